The Kier molecular flexibility index (Phi) is 2.38. The number of aromatic nitrogens is 1. The molecule has 17 heavy (non-hydrogen) atoms. The predicted octanol–water partition coefficient (Wildman–Crippen LogP) is 2.91. The molecule has 0 saturated heterocycles. The molecule has 1 atom stereocenters. The first-order valence-electron chi connectivity index (χ1n) is 5.41. The number of hydrogen-bond acceptors (Lipinski definition) is 3. The van der Waals surface area contributed by atoms with Gasteiger partial charge in [0.1, 0.15) is 11.9 Å². The monoisotopic (exact) mass is 225 g/mol. The Labute approximate surface area is 98.3 Å². The highest BCUT2D eigenvalue weighted by Crippen LogP contribution is 2.24. The van der Waals surface area contributed by atoms with Crippen LogP contribution in [0.25, 0.3) is 10.9 Å². The number of benzene rings is 1. The Morgan fingerprint density at radius 1 is 1.12 bits per heavy atom. The van der Waals surface area contributed by atoms with E-state index >= 15 is 0 Å². The van der Waals surface area contributed by atoms with Gasteiger partial charge >= 0.3 is 0 Å². The first-order valence-corrected chi connectivity index (χ1v) is 5.41. The normalized spacial score (nSPS) is 12.8. The number of hydrogen-bond donors (Lipinski definition) is 1. The average Bonchev–Trinajstić information content (AvgIpc) is 2.91. The maximum Gasteiger partial charge on any atom is 0.137 e. The molecular formula is C14H11NO2. The molecule has 0 bridgehead atoms. The van der Waals surface area contributed by atoms with Crippen LogP contribution >= 0.6 is 0 Å². The Balaban J connectivity index is 2.06. The summed E-state index contributed by atoms with van der Waals surface area (Å²) in [5, 5.41) is 11.1. The number of aliphatic hydroxyl groups excluding tert-OH is 1. The van der Waals surface area contributed by atoms with Gasteiger partial charge in [0.2, 0.25) is 0 Å². The van der Waals surface area contributed by atoms with Gasteiger partial charge in [-0.05, 0) is 35.9 Å². The highest BCUT2D eigenvalue weighted by Gasteiger charge is 2.13. The second-order valence-corrected chi connectivity index (χ2v) is 3.87. The fraction of sp³-hybridized carbons (Fsp3) is 0.0714. The predicted molar refractivity (Wildman–Crippen MR) is 64.5 cm³/mol. The van der Waals surface area contributed by atoms with Crippen LogP contribution in [-0.4, -0.2) is 10.1 Å². The van der Waals surface area contributed by atoms with Crippen molar-refractivity contribution >= 4 is 10.9 Å². The summed E-state index contributed by atoms with van der Waals surface area (Å²) in [6, 6.07) is 13.1. The number of rotatable bonds is 2. The lowest BCUT2D eigenvalue weighted by Crippen LogP contribution is -1.97. The fourth-order valence-corrected chi connectivity index (χ4v) is 1.88. The number of fused-ring (bicyclic) bond motifs is 1. The second-order valence-electron chi connectivity index (χ2n) is 3.87. The molecule has 1 aromatic carbocycles. The Morgan fingerprint density at radius 2 is 2.06 bits per heavy atom. The van der Waals surface area contributed by atoms with E-state index in [1.807, 2.05) is 30.3 Å². The van der Waals surface area contributed by atoms with Crippen LogP contribution in [0.15, 0.2) is 59.3 Å². The number of aliphatic hydroxyl groups is 1. The minimum atomic E-state index is -0.727. The molecular weight excluding hydrogens is 214 g/mol. The van der Waals surface area contributed by atoms with Crippen molar-refractivity contribution in [3.05, 3.63) is 66.2 Å². The molecule has 3 heteroatoms. The van der Waals surface area contributed by atoms with Gasteiger partial charge in [0.15, 0.2) is 0 Å². The summed E-state index contributed by atoms with van der Waals surface area (Å²) in [5.41, 5.74) is 1.73. The summed E-state index contributed by atoms with van der Waals surface area (Å²) in [7, 11) is 0. The van der Waals surface area contributed by atoms with Crippen LogP contribution < -0.4 is 0 Å². The minimum absolute atomic E-state index is 0.549. The molecule has 0 amide bonds. The number of pyridine rings is 1. The zero-order valence-corrected chi connectivity index (χ0v) is 9.08. The van der Waals surface area contributed by atoms with E-state index in [1.54, 1.807) is 24.6 Å². The van der Waals surface area contributed by atoms with E-state index < -0.39 is 6.10 Å². The molecule has 1 N–H and O–H groups in total. The number of furan rings is 1. The molecule has 0 spiro atoms. The van der Waals surface area contributed by atoms with Gasteiger partial charge in [0.05, 0.1) is 11.8 Å². The topological polar surface area (TPSA) is 46.3 Å². The van der Waals surface area contributed by atoms with Crippen molar-refractivity contribution in [2.24, 2.45) is 0 Å². The van der Waals surface area contributed by atoms with Gasteiger partial charge < -0.3 is 9.52 Å². The van der Waals surface area contributed by atoms with Crippen molar-refractivity contribution in [3.8, 4) is 0 Å². The van der Waals surface area contributed by atoms with Crippen LogP contribution in [0.3, 0.4) is 0 Å². The van der Waals surface area contributed by atoms with Crippen LogP contribution in [0.1, 0.15) is 17.4 Å². The molecule has 84 valence electrons. The van der Waals surface area contributed by atoms with Crippen molar-refractivity contribution in [2.45, 2.75) is 6.10 Å². The van der Waals surface area contributed by atoms with Crippen LogP contribution in [0.2, 0.25) is 0 Å². The molecule has 0 radical (unpaired) electrons. The van der Waals surface area contributed by atoms with Gasteiger partial charge in [-0.25, -0.2) is 0 Å². The molecule has 1 unspecified atom stereocenters. The first kappa shape index (κ1) is 10.1. The fourth-order valence-electron chi connectivity index (χ4n) is 1.88. The molecule has 3 aromatic rings. The standard InChI is InChI=1S/C14H11NO2/c16-14(13-4-2-8-17-13)11-5-6-12-10(9-11)3-1-7-15-12/h1-9,14,16H. The zero-order chi connectivity index (χ0) is 11.7. The van der Waals surface area contributed by atoms with E-state index in [-0.39, 0.29) is 0 Å². The van der Waals surface area contributed by atoms with Crippen molar-refractivity contribution in [2.75, 3.05) is 0 Å². The molecule has 0 aliphatic heterocycles. The van der Waals surface area contributed by atoms with E-state index in [4.69, 9.17) is 4.42 Å². The van der Waals surface area contributed by atoms with Gasteiger partial charge in [-0.3, -0.25) is 4.98 Å². The summed E-state index contributed by atoms with van der Waals surface area (Å²) in [4.78, 5) is 4.24. The van der Waals surface area contributed by atoms with Crippen molar-refractivity contribution in [3.63, 3.8) is 0 Å². The van der Waals surface area contributed by atoms with Crippen LogP contribution in [0.5, 0.6) is 0 Å². The van der Waals surface area contributed by atoms with E-state index in [0.29, 0.717) is 5.76 Å². The van der Waals surface area contributed by atoms with Crippen LogP contribution in [-0.2, 0) is 0 Å². The average molecular weight is 225 g/mol. The Morgan fingerprint density at radius 3 is 2.88 bits per heavy atom. The lowest BCUT2D eigenvalue weighted by molar-refractivity contribution is 0.189. The number of nitrogens with zero attached hydrogens (tertiary/aromatic N) is 1. The maximum absolute atomic E-state index is 10.1. The third-order valence-electron chi connectivity index (χ3n) is 2.76. The quantitative estimate of drug-likeness (QED) is 0.729. The molecule has 0 saturated carbocycles. The Bertz CT molecular complexity index is 632. The van der Waals surface area contributed by atoms with E-state index in [0.717, 1.165) is 16.5 Å². The highest BCUT2D eigenvalue weighted by molar-refractivity contribution is 5.79. The summed E-state index contributed by atoms with van der Waals surface area (Å²) < 4.78 is 5.20. The maximum atomic E-state index is 10.1. The van der Waals surface area contributed by atoms with Crippen LogP contribution in [0.4, 0.5) is 0 Å². The smallest absolute Gasteiger partial charge is 0.137 e. The molecule has 0 aliphatic carbocycles. The van der Waals surface area contributed by atoms with Crippen LogP contribution in [0, 0.1) is 0 Å². The van der Waals surface area contributed by atoms with Crippen molar-refractivity contribution in [1.82, 2.24) is 4.98 Å². The third-order valence-corrected chi connectivity index (χ3v) is 2.76. The summed E-state index contributed by atoms with van der Waals surface area (Å²) in [5.74, 6) is 0.549. The van der Waals surface area contributed by atoms with E-state index in [9.17, 15) is 5.11 Å². The van der Waals surface area contributed by atoms with E-state index in [1.165, 1.54) is 0 Å². The van der Waals surface area contributed by atoms with Gasteiger partial charge in [-0.1, -0.05) is 12.1 Å². The molecule has 3 rings (SSSR count). The second kappa shape index (κ2) is 4.03. The highest BCUT2D eigenvalue weighted by atomic mass is 16.4. The summed E-state index contributed by atoms with van der Waals surface area (Å²) in [6.07, 6.45) is 2.58. The summed E-state index contributed by atoms with van der Waals surface area (Å²) >= 11 is 0. The zero-order valence-electron chi connectivity index (χ0n) is 9.08. The first-order chi connectivity index (χ1) is 8.34. The lowest BCUT2D eigenvalue weighted by atomic mass is 10.0. The molecule has 2 aromatic heterocycles. The van der Waals surface area contributed by atoms with Crippen molar-refractivity contribution < 1.29 is 9.52 Å². The molecule has 0 aliphatic rings. The molecule has 3 nitrogen and oxygen atoms in total. The van der Waals surface area contributed by atoms with Gasteiger partial charge in [0.25, 0.3) is 0 Å². The summed E-state index contributed by atoms with van der Waals surface area (Å²) in [6.45, 7) is 0. The van der Waals surface area contributed by atoms with Gasteiger partial charge in [0, 0.05) is 11.6 Å². The largest absolute Gasteiger partial charge is 0.466 e. The van der Waals surface area contributed by atoms with Gasteiger partial charge in [-0.2, -0.15) is 0 Å². The third kappa shape index (κ3) is 1.81. The SMILES string of the molecule is OC(c1ccc2ncccc2c1)c1ccco1. The van der Waals surface area contributed by atoms with Crippen molar-refractivity contribution in [1.29, 1.82) is 0 Å². The van der Waals surface area contributed by atoms with E-state index in [2.05, 4.69) is 4.98 Å². The minimum Gasteiger partial charge on any atom is -0.466 e. The molecule has 2 heterocycles. The van der Waals surface area contributed by atoms with Gasteiger partial charge in [-0.15, -0.1) is 0 Å². The Hall–Kier alpha value is -2.13. The molecule has 0 fully saturated rings. The lowest BCUT2D eigenvalue weighted by Gasteiger charge is -2.08.